The summed E-state index contributed by atoms with van der Waals surface area (Å²) in [5, 5.41) is 14.7. The molecule has 33 heavy (non-hydrogen) atoms. The number of benzene rings is 3. The van der Waals surface area contributed by atoms with Crippen molar-refractivity contribution in [2.75, 3.05) is 11.4 Å². The molecular weight excluding hydrogens is 469 g/mol. The second kappa shape index (κ2) is 8.83. The summed E-state index contributed by atoms with van der Waals surface area (Å²) in [6.45, 7) is 0.370. The number of anilines is 1. The van der Waals surface area contributed by atoms with Gasteiger partial charge in [-0.05, 0) is 60.2 Å². The highest BCUT2D eigenvalue weighted by Crippen LogP contribution is 2.37. The van der Waals surface area contributed by atoms with Crippen molar-refractivity contribution in [1.82, 2.24) is 0 Å². The van der Waals surface area contributed by atoms with E-state index in [0.717, 1.165) is 11.6 Å². The van der Waals surface area contributed by atoms with Crippen LogP contribution in [0, 0.1) is 17.1 Å². The number of primary sulfonamides is 1. The highest BCUT2D eigenvalue weighted by Gasteiger charge is 2.32. The van der Waals surface area contributed by atoms with Gasteiger partial charge in [0.2, 0.25) is 15.9 Å². The molecule has 1 aliphatic heterocycles. The van der Waals surface area contributed by atoms with Crippen molar-refractivity contribution in [2.45, 2.75) is 17.2 Å². The summed E-state index contributed by atoms with van der Waals surface area (Å²) >= 11 is 6.27. The average Bonchev–Trinajstić information content (AvgIpc) is 3.17. The fraction of sp³-hybridized carbons (Fsp3) is 0.130. The molecule has 1 aliphatic rings. The highest BCUT2D eigenvalue weighted by molar-refractivity contribution is 7.89. The van der Waals surface area contributed by atoms with Crippen molar-refractivity contribution in [3.8, 4) is 17.6 Å². The summed E-state index contributed by atoms with van der Waals surface area (Å²) < 4.78 is 42.1. The number of hydrogen-bond donors (Lipinski definition) is 1. The lowest BCUT2D eigenvalue weighted by Gasteiger charge is -2.18. The van der Waals surface area contributed by atoms with Crippen LogP contribution < -0.4 is 14.8 Å². The number of carbonyl (C=O) groups excluding carboxylic acids is 1. The van der Waals surface area contributed by atoms with Crippen molar-refractivity contribution < 1.29 is 22.3 Å². The third-order valence-electron chi connectivity index (χ3n) is 5.31. The molecule has 1 atom stereocenters. The van der Waals surface area contributed by atoms with Gasteiger partial charge in [-0.25, -0.2) is 17.9 Å². The SMILES string of the molecule is N#Cc1cc(F)ccc1Oc1cc([C@H]2CC(=O)N(c3ccc(S(N)(=O)=O)cc3)C2)ccc1Cl. The molecule has 4 rings (SSSR count). The number of carbonyl (C=O) groups is 1. The summed E-state index contributed by atoms with van der Waals surface area (Å²) in [7, 11) is -3.82. The Labute approximate surface area is 194 Å². The lowest BCUT2D eigenvalue weighted by atomic mass is 9.98. The number of halogens is 2. The van der Waals surface area contributed by atoms with Crippen molar-refractivity contribution >= 4 is 33.2 Å². The van der Waals surface area contributed by atoms with Gasteiger partial charge >= 0.3 is 0 Å². The number of sulfonamides is 1. The first kappa shape index (κ1) is 22.7. The maximum atomic E-state index is 13.4. The fourth-order valence-electron chi connectivity index (χ4n) is 3.65. The minimum Gasteiger partial charge on any atom is -0.454 e. The van der Waals surface area contributed by atoms with Crippen LogP contribution in [-0.2, 0) is 14.8 Å². The Balaban J connectivity index is 1.57. The quantitative estimate of drug-likeness (QED) is 0.578. The van der Waals surface area contributed by atoms with Crippen LogP contribution in [0.1, 0.15) is 23.5 Å². The molecule has 2 N–H and O–H groups in total. The molecule has 0 aliphatic carbocycles. The molecule has 0 saturated carbocycles. The fourth-order valence-corrected chi connectivity index (χ4v) is 4.32. The maximum Gasteiger partial charge on any atom is 0.238 e. The van der Waals surface area contributed by atoms with E-state index in [1.807, 2.05) is 6.07 Å². The standard InChI is InChI=1S/C23H17ClFN3O4S/c24-20-7-1-14(10-22(20)32-21-8-2-17(25)9-15(21)12-26)16-11-23(29)28(13-16)18-3-5-19(6-4-18)33(27,30)31/h1-10,16H,11,13H2,(H2,27,30,31)/t16-/m0/s1. The van der Waals surface area contributed by atoms with E-state index in [-0.39, 0.29) is 40.2 Å². The van der Waals surface area contributed by atoms with E-state index in [1.54, 1.807) is 23.1 Å². The molecular formula is C23H17ClFN3O4S. The van der Waals surface area contributed by atoms with E-state index in [0.29, 0.717) is 17.3 Å². The normalized spacial score (nSPS) is 16.0. The number of ether oxygens (including phenoxy) is 1. The lowest BCUT2D eigenvalue weighted by molar-refractivity contribution is -0.117. The van der Waals surface area contributed by atoms with Gasteiger partial charge in [-0.1, -0.05) is 17.7 Å². The molecule has 0 aromatic heterocycles. The van der Waals surface area contributed by atoms with Crippen LogP contribution in [0.15, 0.2) is 65.6 Å². The van der Waals surface area contributed by atoms with Gasteiger partial charge < -0.3 is 9.64 Å². The Morgan fingerprint density at radius 1 is 1.09 bits per heavy atom. The smallest absolute Gasteiger partial charge is 0.238 e. The van der Waals surface area contributed by atoms with Crippen molar-refractivity contribution in [3.05, 3.63) is 82.6 Å². The van der Waals surface area contributed by atoms with Gasteiger partial charge in [0.15, 0.2) is 0 Å². The Morgan fingerprint density at radius 3 is 2.48 bits per heavy atom. The van der Waals surface area contributed by atoms with Crippen LogP contribution in [0.3, 0.4) is 0 Å². The van der Waals surface area contributed by atoms with Gasteiger partial charge in [0.05, 0.1) is 15.5 Å². The third-order valence-corrected chi connectivity index (χ3v) is 6.55. The van der Waals surface area contributed by atoms with E-state index < -0.39 is 15.8 Å². The molecule has 1 amide bonds. The second-order valence-electron chi connectivity index (χ2n) is 7.49. The number of nitrogens with zero attached hydrogens (tertiary/aromatic N) is 2. The lowest BCUT2D eigenvalue weighted by Crippen LogP contribution is -2.24. The Bertz CT molecular complexity index is 1390. The zero-order valence-corrected chi connectivity index (χ0v) is 18.6. The highest BCUT2D eigenvalue weighted by atomic mass is 35.5. The number of rotatable bonds is 5. The van der Waals surface area contributed by atoms with Gasteiger partial charge in [0.25, 0.3) is 0 Å². The maximum absolute atomic E-state index is 13.4. The van der Waals surface area contributed by atoms with Crippen LogP contribution in [0.25, 0.3) is 0 Å². The van der Waals surface area contributed by atoms with Crippen LogP contribution in [0.5, 0.6) is 11.5 Å². The minimum absolute atomic E-state index is 0.0293. The summed E-state index contributed by atoms with van der Waals surface area (Å²) in [5.74, 6) is -0.400. The second-order valence-corrected chi connectivity index (χ2v) is 9.46. The molecule has 1 heterocycles. The zero-order valence-electron chi connectivity index (χ0n) is 17.0. The summed E-state index contributed by atoms with van der Waals surface area (Å²) in [4.78, 5) is 14.2. The summed E-state index contributed by atoms with van der Waals surface area (Å²) in [5.41, 5.74) is 1.39. The van der Waals surface area contributed by atoms with Gasteiger partial charge in [-0.3, -0.25) is 4.79 Å². The van der Waals surface area contributed by atoms with Crippen LogP contribution in [0.2, 0.25) is 5.02 Å². The first-order chi connectivity index (χ1) is 15.7. The van der Waals surface area contributed by atoms with Crippen molar-refractivity contribution in [1.29, 1.82) is 5.26 Å². The largest absolute Gasteiger partial charge is 0.454 e. The monoisotopic (exact) mass is 485 g/mol. The molecule has 1 fully saturated rings. The van der Waals surface area contributed by atoms with E-state index >= 15 is 0 Å². The Morgan fingerprint density at radius 2 is 1.82 bits per heavy atom. The van der Waals surface area contributed by atoms with Gasteiger partial charge in [-0.15, -0.1) is 0 Å². The van der Waals surface area contributed by atoms with Crippen molar-refractivity contribution in [3.63, 3.8) is 0 Å². The molecule has 3 aromatic carbocycles. The summed E-state index contributed by atoms with van der Waals surface area (Å²) in [6.07, 6.45) is 0.234. The zero-order chi connectivity index (χ0) is 23.8. The van der Waals surface area contributed by atoms with Gasteiger partial charge in [-0.2, -0.15) is 5.26 Å². The topological polar surface area (TPSA) is 113 Å². The van der Waals surface area contributed by atoms with E-state index in [4.69, 9.17) is 21.5 Å². The third kappa shape index (κ3) is 4.83. The Kier molecular flexibility index (Phi) is 6.08. The van der Waals surface area contributed by atoms with Crippen LogP contribution >= 0.6 is 11.6 Å². The molecule has 3 aromatic rings. The number of hydrogen-bond acceptors (Lipinski definition) is 5. The first-order valence-corrected chi connectivity index (χ1v) is 11.7. The first-order valence-electron chi connectivity index (χ1n) is 9.76. The molecule has 0 radical (unpaired) electrons. The molecule has 10 heteroatoms. The number of nitrogens with two attached hydrogens (primary N) is 1. The van der Waals surface area contributed by atoms with Gasteiger partial charge in [0.1, 0.15) is 23.4 Å². The molecule has 0 unspecified atom stereocenters. The molecule has 0 spiro atoms. The minimum atomic E-state index is -3.82. The number of nitriles is 1. The molecule has 1 saturated heterocycles. The predicted octanol–water partition coefficient (Wildman–Crippen LogP) is 4.31. The molecule has 7 nitrogen and oxygen atoms in total. The molecule has 168 valence electrons. The van der Waals surface area contributed by atoms with E-state index in [2.05, 4.69) is 0 Å². The van der Waals surface area contributed by atoms with Crippen LogP contribution in [-0.4, -0.2) is 20.9 Å². The molecule has 0 bridgehead atoms. The predicted molar refractivity (Wildman–Crippen MR) is 120 cm³/mol. The van der Waals surface area contributed by atoms with Gasteiger partial charge in [0, 0.05) is 24.6 Å². The van der Waals surface area contributed by atoms with E-state index in [9.17, 15) is 22.9 Å². The van der Waals surface area contributed by atoms with Crippen molar-refractivity contribution in [2.24, 2.45) is 5.14 Å². The van der Waals surface area contributed by atoms with E-state index in [1.165, 1.54) is 36.4 Å². The van der Waals surface area contributed by atoms with Crippen LogP contribution in [0.4, 0.5) is 10.1 Å². The average molecular weight is 486 g/mol. The number of amides is 1. The Hall–Kier alpha value is -3.45. The summed E-state index contributed by atoms with van der Waals surface area (Å²) in [6, 6.07) is 16.4.